The number of para-hydroxylation sites is 1. The maximum atomic E-state index is 12.9. The summed E-state index contributed by atoms with van der Waals surface area (Å²) in [5, 5.41) is 13.7. The van der Waals surface area contributed by atoms with Crippen molar-refractivity contribution in [2.75, 3.05) is 5.75 Å². The molecule has 1 spiro atoms. The van der Waals surface area contributed by atoms with Crippen molar-refractivity contribution >= 4 is 46.2 Å². The van der Waals surface area contributed by atoms with Crippen LogP contribution in [-0.2, 0) is 9.59 Å². The number of nitrogens with one attached hydrogen (secondary N) is 2. The van der Waals surface area contributed by atoms with Crippen LogP contribution in [0.4, 0.5) is 4.79 Å². The lowest BCUT2D eigenvalue weighted by Gasteiger charge is -2.33. The van der Waals surface area contributed by atoms with Gasteiger partial charge in [-0.25, -0.2) is 4.79 Å². The molecular weight excluding hydrogens is 428 g/mol. The quantitative estimate of drug-likeness (QED) is 0.465. The van der Waals surface area contributed by atoms with Crippen molar-refractivity contribution in [2.45, 2.75) is 50.2 Å². The molecule has 2 aliphatic rings. The fraction of sp³-hybridized carbons (Fsp3) is 0.409. The molecule has 9 nitrogen and oxygen atoms in total. The van der Waals surface area contributed by atoms with Gasteiger partial charge < -0.3 is 5.32 Å². The Bertz CT molecular complexity index is 1250. The molecule has 3 aromatic rings. The molecule has 4 amide bonds. The molecule has 2 fully saturated rings. The molecule has 3 heterocycles. The Morgan fingerprint density at radius 3 is 2.78 bits per heavy atom. The first kappa shape index (κ1) is 20.7. The van der Waals surface area contributed by atoms with Crippen LogP contribution in [0.15, 0.2) is 35.5 Å². The number of fused-ring (bicyclic) bond motifs is 3. The predicted molar refractivity (Wildman–Crippen MR) is 120 cm³/mol. The molecule has 0 atom stereocenters. The van der Waals surface area contributed by atoms with E-state index in [9.17, 15) is 14.4 Å². The van der Waals surface area contributed by atoms with Gasteiger partial charge in [-0.15, -0.1) is 10.2 Å². The first-order valence-corrected chi connectivity index (χ1v) is 11.7. The van der Waals surface area contributed by atoms with E-state index < -0.39 is 17.5 Å². The van der Waals surface area contributed by atoms with Crippen molar-refractivity contribution in [3.05, 3.63) is 35.9 Å². The molecule has 1 saturated heterocycles. The summed E-state index contributed by atoms with van der Waals surface area (Å²) in [7, 11) is 0. The number of nitrogens with zero attached hydrogens (tertiary/aromatic N) is 4. The number of thioether (sulfide) groups is 1. The lowest BCUT2D eigenvalue weighted by Crippen LogP contribution is -2.51. The SMILES string of the molecule is Cc1cc2nnc(SCC(=O)NN3C(=O)NC4(CCC(C)CC4)C3=O)n2c2ccccc12. The highest BCUT2D eigenvalue weighted by Gasteiger charge is 2.52. The van der Waals surface area contributed by atoms with Crippen molar-refractivity contribution in [3.8, 4) is 0 Å². The fourth-order valence-corrected chi connectivity index (χ4v) is 5.32. The van der Waals surface area contributed by atoms with Crippen LogP contribution < -0.4 is 10.7 Å². The van der Waals surface area contributed by atoms with E-state index in [0.29, 0.717) is 29.6 Å². The number of imide groups is 1. The average Bonchev–Trinajstić information content (AvgIpc) is 3.29. The minimum absolute atomic E-state index is 0.00983. The van der Waals surface area contributed by atoms with Crippen molar-refractivity contribution < 1.29 is 14.4 Å². The number of hydrazine groups is 1. The van der Waals surface area contributed by atoms with Crippen LogP contribution >= 0.6 is 11.8 Å². The summed E-state index contributed by atoms with van der Waals surface area (Å²) >= 11 is 1.21. The highest BCUT2D eigenvalue weighted by Crippen LogP contribution is 2.35. The number of urea groups is 1. The van der Waals surface area contributed by atoms with E-state index in [4.69, 9.17) is 0 Å². The van der Waals surface area contributed by atoms with E-state index in [2.05, 4.69) is 27.9 Å². The van der Waals surface area contributed by atoms with Gasteiger partial charge in [-0.2, -0.15) is 5.01 Å². The average molecular weight is 453 g/mol. The lowest BCUT2D eigenvalue weighted by atomic mass is 9.77. The predicted octanol–water partition coefficient (Wildman–Crippen LogP) is 2.81. The summed E-state index contributed by atoms with van der Waals surface area (Å²) in [4.78, 5) is 37.9. The van der Waals surface area contributed by atoms with E-state index in [1.807, 2.05) is 41.7 Å². The van der Waals surface area contributed by atoms with Gasteiger partial charge >= 0.3 is 6.03 Å². The maximum absolute atomic E-state index is 12.9. The fourth-order valence-electron chi connectivity index (χ4n) is 4.57. The second-order valence-electron chi connectivity index (χ2n) is 8.68. The van der Waals surface area contributed by atoms with Gasteiger partial charge in [0.05, 0.1) is 11.3 Å². The smallest absolute Gasteiger partial charge is 0.322 e. The third-order valence-corrected chi connectivity index (χ3v) is 7.36. The van der Waals surface area contributed by atoms with Crippen LogP contribution in [0, 0.1) is 12.8 Å². The molecule has 166 valence electrons. The van der Waals surface area contributed by atoms with Crippen LogP contribution in [0.25, 0.3) is 16.6 Å². The molecule has 32 heavy (non-hydrogen) atoms. The van der Waals surface area contributed by atoms with Gasteiger partial charge in [-0.05, 0) is 56.2 Å². The molecule has 0 radical (unpaired) electrons. The molecule has 1 aromatic carbocycles. The van der Waals surface area contributed by atoms with Gasteiger partial charge in [0.15, 0.2) is 10.8 Å². The second kappa shape index (κ2) is 7.77. The Labute approximate surface area is 188 Å². The van der Waals surface area contributed by atoms with Crippen LogP contribution in [0.5, 0.6) is 0 Å². The molecule has 10 heteroatoms. The van der Waals surface area contributed by atoms with Gasteiger partial charge in [0.25, 0.3) is 5.91 Å². The van der Waals surface area contributed by atoms with Gasteiger partial charge in [0, 0.05) is 5.39 Å². The molecule has 1 aliphatic heterocycles. The molecule has 2 N–H and O–H groups in total. The zero-order valence-electron chi connectivity index (χ0n) is 17.9. The minimum Gasteiger partial charge on any atom is -0.322 e. The Hall–Kier alpha value is -3.14. The summed E-state index contributed by atoms with van der Waals surface area (Å²) in [5.74, 6) is -0.303. The maximum Gasteiger partial charge on any atom is 0.344 e. The van der Waals surface area contributed by atoms with Crippen LogP contribution in [0.3, 0.4) is 0 Å². The van der Waals surface area contributed by atoms with E-state index in [-0.39, 0.29) is 11.7 Å². The van der Waals surface area contributed by atoms with Gasteiger partial charge in [-0.1, -0.05) is 36.9 Å². The van der Waals surface area contributed by atoms with Gasteiger partial charge in [0.2, 0.25) is 5.91 Å². The van der Waals surface area contributed by atoms with Crippen LogP contribution in [-0.4, -0.2) is 48.7 Å². The lowest BCUT2D eigenvalue weighted by molar-refractivity contribution is -0.139. The topological polar surface area (TPSA) is 109 Å². The van der Waals surface area contributed by atoms with Crippen molar-refractivity contribution in [3.63, 3.8) is 0 Å². The van der Waals surface area contributed by atoms with Crippen LogP contribution in [0.1, 0.15) is 38.2 Å². The summed E-state index contributed by atoms with van der Waals surface area (Å²) in [6.07, 6.45) is 2.93. The number of rotatable bonds is 4. The number of amides is 4. The monoisotopic (exact) mass is 452 g/mol. The molecular formula is C22H24N6O3S. The van der Waals surface area contributed by atoms with E-state index >= 15 is 0 Å². The molecule has 0 bridgehead atoms. The Morgan fingerprint density at radius 1 is 1.25 bits per heavy atom. The Kier molecular flexibility index (Phi) is 5.04. The first-order valence-electron chi connectivity index (χ1n) is 10.7. The normalized spacial score (nSPS) is 23.3. The number of hydrogen-bond donors (Lipinski definition) is 2. The molecule has 0 unspecified atom stereocenters. The van der Waals surface area contributed by atoms with Crippen molar-refractivity contribution in [1.29, 1.82) is 0 Å². The standard InChI is InChI=1S/C22H24N6O3S/c1-13-7-9-22(10-8-13)19(30)28(20(31)23-22)26-18(29)12-32-21-25-24-17-11-14(2)15-5-3-4-6-16(15)27(17)21/h3-6,11,13H,7-10,12H2,1-2H3,(H,23,31)(H,26,29). The van der Waals surface area contributed by atoms with Gasteiger partial charge in [-0.3, -0.25) is 19.4 Å². The van der Waals surface area contributed by atoms with E-state index in [1.54, 1.807) is 0 Å². The Balaban J connectivity index is 1.30. The third-order valence-electron chi connectivity index (χ3n) is 6.43. The molecule has 5 rings (SSSR count). The Morgan fingerprint density at radius 2 is 2.00 bits per heavy atom. The summed E-state index contributed by atoms with van der Waals surface area (Å²) < 4.78 is 1.91. The second-order valence-corrected chi connectivity index (χ2v) is 9.62. The van der Waals surface area contributed by atoms with Crippen molar-refractivity contribution in [2.24, 2.45) is 5.92 Å². The number of pyridine rings is 1. The number of carbonyl (C=O) groups excluding carboxylic acids is 3. The number of aromatic nitrogens is 3. The molecule has 1 saturated carbocycles. The zero-order valence-corrected chi connectivity index (χ0v) is 18.7. The number of carbonyl (C=O) groups is 3. The van der Waals surface area contributed by atoms with E-state index in [0.717, 1.165) is 34.3 Å². The summed E-state index contributed by atoms with van der Waals surface area (Å²) in [6.45, 7) is 4.17. The number of aryl methyl sites for hydroxylation is 1. The zero-order chi connectivity index (χ0) is 22.5. The highest BCUT2D eigenvalue weighted by molar-refractivity contribution is 7.99. The summed E-state index contributed by atoms with van der Waals surface area (Å²) in [6, 6.07) is 9.32. The number of hydrogen-bond acceptors (Lipinski definition) is 6. The largest absolute Gasteiger partial charge is 0.344 e. The number of benzene rings is 1. The van der Waals surface area contributed by atoms with E-state index in [1.165, 1.54) is 11.8 Å². The first-order chi connectivity index (χ1) is 15.4. The minimum atomic E-state index is -0.885. The van der Waals surface area contributed by atoms with Crippen LogP contribution in [0.2, 0.25) is 0 Å². The molecule has 1 aliphatic carbocycles. The highest BCUT2D eigenvalue weighted by atomic mass is 32.2. The third kappa shape index (κ3) is 3.38. The van der Waals surface area contributed by atoms with Gasteiger partial charge in [0.1, 0.15) is 5.54 Å². The summed E-state index contributed by atoms with van der Waals surface area (Å²) in [5.41, 5.74) is 4.34. The molecule has 2 aromatic heterocycles. The van der Waals surface area contributed by atoms with Crippen molar-refractivity contribution in [1.82, 2.24) is 30.3 Å².